The Morgan fingerprint density at radius 1 is 1.00 bits per heavy atom. The van der Waals surface area contributed by atoms with Crippen molar-refractivity contribution in [2.45, 2.75) is 32.1 Å². The first kappa shape index (κ1) is 24.7. The van der Waals surface area contributed by atoms with E-state index in [9.17, 15) is 9.59 Å². The van der Waals surface area contributed by atoms with Crippen molar-refractivity contribution in [1.29, 1.82) is 0 Å². The van der Waals surface area contributed by atoms with Crippen LogP contribution in [0.2, 0.25) is 0 Å². The van der Waals surface area contributed by atoms with E-state index in [4.69, 9.17) is 9.47 Å². The highest BCUT2D eigenvalue weighted by molar-refractivity contribution is 8.00. The molecular formula is C28H30N2O4S. The van der Waals surface area contributed by atoms with E-state index in [0.29, 0.717) is 30.2 Å². The number of carbonyl (C=O) groups is 2. The molecule has 182 valence electrons. The number of carbonyl (C=O) groups excluding carboxylic acids is 2. The van der Waals surface area contributed by atoms with Crippen LogP contribution in [0.1, 0.15) is 48.0 Å². The molecule has 0 unspecified atom stereocenters. The number of benzene rings is 3. The maximum Gasteiger partial charge on any atom is 0.255 e. The summed E-state index contributed by atoms with van der Waals surface area (Å²) in [5.41, 5.74) is 3.01. The van der Waals surface area contributed by atoms with E-state index in [0.717, 1.165) is 35.6 Å². The van der Waals surface area contributed by atoms with Crippen molar-refractivity contribution in [3.05, 3.63) is 83.9 Å². The minimum absolute atomic E-state index is 0.0554. The van der Waals surface area contributed by atoms with Crippen molar-refractivity contribution in [3.8, 4) is 11.5 Å². The third kappa shape index (κ3) is 6.17. The molecule has 7 heteroatoms. The standard InChI is InChI=1S/C28H30N2O4S/c1-3-5-17-34-25-13-9-20(10-14-25)27(32)29-22-8-6-7-21(18-22)28-30(26(31)19-35-28)23-11-15-24(16-12-23)33-4-2/h6-16,18,28H,3-5,17,19H2,1-2H3,(H,29,32)/t28-/m0/s1. The molecule has 35 heavy (non-hydrogen) atoms. The highest BCUT2D eigenvalue weighted by Crippen LogP contribution is 2.42. The van der Waals surface area contributed by atoms with Gasteiger partial charge in [0.1, 0.15) is 16.9 Å². The number of nitrogens with one attached hydrogen (secondary N) is 1. The lowest BCUT2D eigenvalue weighted by Crippen LogP contribution is -2.27. The van der Waals surface area contributed by atoms with Crippen LogP contribution in [0.5, 0.6) is 11.5 Å². The van der Waals surface area contributed by atoms with Crippen LogP contribution < -0.4 is 19.7 Å². The molecule has 1 aliphatic heterocycles. The fourth-order valence-electron chi connectivity index (χ4n) is 3.83. The van der Waals surface area contributed by atoms with Crippen LogP contribution in [-0.2, 0) is 4.79 Å². The maximum absolute atomic E-state index is 12.8. The number of anilines is 2. The second-order valence-corrected chi connectivity index (χ2v) is 9.23. The summed E-state index contributed by atoms with van der Waals surface area (Å²) in [6, 6.07) is 22.4. The van der Waals surface area contributed by atoms with E-state index in [-0.39, 0.29) is 17.2 Å². The normalized spacial score (nSPS) is 15.2. The van der Waals surface area contributed by atoms with Crippen LogP contribution in [0, 0.1) is 0 Å². The Hall–Kier alpha value is -3.45. The molecule has 2 amide bonds. The van der Waals surface area contributed by atoms with Crippen LogP contribution in [-0.4, -0.2) is 30.8 Å². The maximum atomic E-state index is 12.8. The number of hydrogen-bond acceptors (Lipinski definition) is 5. The second kappa shape index (κ2) is 11.8. The first-order valence-electron chi connectivity index (χ1n) is 11.9. The molecule has 1 aliphatic rings. The molecule has 0 aliphatic carbocycles. The lowest BCUT2D eigenvalue weighted by molar-refractivity contribution is -0.115. The Balaban J connectivity index is 1.46. The van der Waals surface area contributed by atoms with Gasteiger partial charge in [0, 0.05) is 16.9 Å². The number of nitrogens with zero attached hydrogens (tertiary/aromatic N) is 1. The van der Waals surface area contributed by atoms with Crippen molar-refractivity contribution < 1.29 is 19.1 Å². The van der Waals surface area contributed by atoms with Gasteiger partial charge in [-0.1, -0.05) is 25.5 Å². The molecule has 0 saturated carbocycles. The summed E-state index contributed by atoms with van der Waals surface area (Å²) >= 11 is 1.57. The molecular weight excluding hydrogens is 460 g/mol. The zero-order valence-electron chi connectivity index (χ0n) is 20.0. The summed E-state index contributed by atoms with van der Waals surface area (Å²) in [7, 11) is 0. The number of ether oxygens (including phenoxy) is 2. The van der Waals surface area contributed by atoms with Gasteiger partial charge in [-0.05, 0) is 79.6 Å². The molecule has 1 heterocycles. The Labute approximate surface area is 210 Å². The summed E-state index contributed by atoms with van der Waals surface area (Å²) in [6.45, 7) is 5.32. The van der Waals surface area contributed by atoms with E-state index < -0.39 is 0 Å². The van der Waals surface area contributed by atoms with E-state index in [1.807, 2.05) is 67.6 Å². The van der Waals surface area contributed by atoms with Gasteiger partial charge in [-0.2, -0.15) is 0 Å². The van der Waals surface area contributed by atoms with Crippen LogP contribution in [0.25, 0.3) is 0 Å². The fourth-order valence-corrected chi connectivity index (χ4v) is 5.00. The molecule has 6 nitrogen and oxygen atoms in total. The molecule has 1 fully saturated rings. The molecule has 1 saturated heterocycles. The number of unbranched alkanes of at least 4 members (excludes halogenated alkanes) is 1. The highest BCUT2D eigenvalue weighted by Gasteiger charge is 2.34. The summed E-state index contributed by atoms with van der Waals surface area (Å²) in [4.78, 5) is 27.3. The van der Waals surface area contributed by atoms with Crippen LogP contribution in [0.3, 0.4) is 0 Å². The molecule has 0 bridgehead atoms. The summed E-state index contributed by atoms with van der Waals surface area (Å²) in [5, 5.41) is 2.80. The van der Waals surface area contributed by atoms with E-state index in [1.54, 1.807) is 28.8 Å². The van der Waals surface area contributed by atoms with Crippen LogP contribution >= 0.6 is 11.8 Å². The first-order chi connectivity index (χ1) is 17.1. The molecule has 0 aromatic heterocycles. The predicted molar refractivity (Wildman–Crippen MR) is 142 cm³/mol. The smallest absolute Gasteiger partial charge is 0.255 e. The van der Waals surface area contributed by atoms with Crippen molar-refractivity contribution >= 4 is 35.0 Å². The number of hydrogen-bond donors (Lipinski definition) is 1. The second-order valence-electron chi connectivity index (χ2n) is 8.16. The molecule has 0 radical (unpaired) electrons. The predicted octanol–water partition coefficient (Wildman–Crippen LogP) is 6.30. The Bertz CT molecular complexity index is 1150. The number of rotatable bonds is 10. The van der Waals surface area contributed by atoms with Crippen molar-refractivity contribution in [3.63, 3.8) is 0 Å². The van der Waals surface area contributed by atoms with Gasteiger partial charge in [0.15, 0.2) is 0 Å². The minimum atomic E-state index is -0.194. The quantitative estimate of drug-likeness (QED) is 0.338. The zero-order valence-corrected chi connectivity index (χ0v) is 20.8. The SMILES string of the molecule is CCCCOc1ccc(C(=O)Nc2cccc([C@@H]3SCC(=O)N3c3ccc(OCC)cc3)c2)cc1. The topological polar surface area (TPSA) is 67.9 Å². The van der Waals surface area contributed by atoms with E-state index in [2.05, 4.69) is 12.2 Å². The largest absolute Gasteiger partial charge is 0.494 e. The number of amides is 2. The third-order valence-electron chi connectivity index (χ3n) is 5.61. The highest BCUT2D eigenvalue weighted by atomic mass is 32.2. The Kier molecular flexibility index (Phi) is 8.32. The van der Waals surface area contributed by atoms with Crippen LogP contribution in [0.4, 0.5) is 11.4 Å². The summed E-state index contributed by atoms with van der Waals surface area (Å²) in [6.07, 6.45) is 2.07. The lowest BCUT2D eigenvalue weighted by Gasteiger charge is -2.25. The minimum Gasteiger partial charge on any atom is -0.494 e. The van der Waals surface area contributed by atoms with E-state index >= 15 is 0 Å². The van der Waals surface area contributed by atoms with Crippen molar-refractivity contribution in [2.75, 3.05) is 29.2 Å². The third-order valence-corrected chi connectivity index (χ3v) is 6.82. The zero-order chi connectivity index (χ0) is 24.6. The Morgan fingerprint density at radius 2 is 1.71 bits per heavy atom. The van der Waals surface area contributed by atoms with Gasteiger partial charge in [-0.3, -0.25) is 14.5 Å². The monoisotopic (exact) mass is 490 g/mol. The fraction of sp³-hybridized carbons (Fsp3) is 0.286. The molecule has 1 atom stereocenters. The van der Waals surface area contributed by atoms with Crippen molar-refractivity contribution in [2.24, 2.45) is 0 Å². The first-order valence-corrected chi connectivity index (χ1v) is 12.9. The lowest BCUT2D eigenvalue weighted by atomic mass is 10.1. The van der Waals surface area contributed by atoms with Crippen molar-refractivity contribution in [1.82, 2.24) is 0 Å². The van der Waals surface area contributed by atoms with Gasteiger partial charge in [0.25, 0.3) is 5.91 Å². The van der Waals surface area contributed by atoms with Gasteiger partial charge in [0.05, 0.1) is 19.0 Å². The average molecular weight is 491 g/mol. The molecule has 4 rings (SSSR count). The van der Waals surface area contributed by atoms with E-state index in [1.165, 1.54) is 0 Å². The number of thioether (sulfide) groups is 1. The van der Waals surface area contributed by atoms with Gasteiger partial charge in [-0.25, -0.2) is 0 Å². The van der Waals surface area contributed by atoms with Gasteiger partial charge in [-0.15, -0.1) is 11.8 Å². The van der Waals surface area contributed by atoms with Gasteiger partial charge in [0.2, 0.25) is 5.91 Å². The molecule has 1 N–H and O–H groups in total. The molecule has 0 spiro atoms. The molecule has 3 aromatic rings. The van der Waals surface area contributed by atoms with Crippen LogP contribution in [0.15, 0.2) is 72.8 Å². The summed E-state index contributed by atoms with van der Waals surface area (Å²) < 4.78 is 11.2. The average Bonchev–Trinajstić information content (AvgIpc) is 3.27. The van der Waals surface area contributed by atoms with Gasteiger partial charge >= 0.3 is 0 Å². The summed E-state index contributed by atoms with van der Waals surface area (Å²) in [5.74, 6) is 1.80. The Morgan fingerprint density at radius 3 is 2.43 bits per heavy atom. The molecule has 3 aromatic carbocycles. The van der Waals surface area contributed by atoms with Gasteiger partial charge < -0.3 is 14.8 Å².